The van der Waals surface area contributed by atoms with E-state index < -0.39 is 5.97 Å². The number of amides is 1. The zero-order valence-corrected chi connectivity index (χ0v) is 16.2. The molecule has 2 saturated heterocycles. The molecule has 1 amide bonds. The summed E-state index contributed by atoms with van der Waals surface area (Å²) in [6.07, 6.45) is 6.25. The van der Waals surface area contributed by atoms with Gasteiger partial charge in [0.15, 0.2) is 0 Å². The summed E-state index contributed by atoms with van der Waals surface area (Å²) in [6.45, 7) is 4.91. The Hall–Kier alpha value is -1.88. The van der Waals surface area contributed by atoms with E-state index >= 15 is 0 Å². The fourth-order valence-corrected chi connectivity index (χ4v) is 4.69. The Labute approximate surface area is 162 Å². The van der Waals surface area contributed by atoms with Crippen LogP contribution in [0.5, 0.6) is 0 Å². The predicted molar refractivity (Wildman–Crippen MR) is 102 cm³/mol. The van der Waals surface area contributed by atoms with Crippen LogP contribution in [0.1, 0.15) is 44.1 Å². The van der Waals surface area contributed by atoms with Gasteiger partial charge in [-0.05, 0) is 49.5 Å². The zero-order chi connectivity index (χ0) is 19.1. The van der Waals surface area contributed by atoms with E-state index in [-0.39, 0.29) is 24.2 Å². The van der Waals surface area contributed by atoms with Crippen LogP contribution in [0.3, 0.4) is 0 Å². The van der Waals surface area contributed by atoms with Crippen molar-refractivity contribution in [3.05, 3.63) is 35.9 Å². The predicted octanol–water partition coefficient (Wildman–Crippen LogP) is 0.293. The van der Waals surface area contributed by atoms with Gasteiger partial charge in [0.25, 0.3) is 0 Å². The van der Waals surface area contributed by atoms with E-state index in [1.165, 1.54) is 32.4 Å². The standard InChI is InChI=1S/C22H32N2O3/c25-21(15-18-7-3-1-4-8-18)24-14-10-19(16-22(26)27)20(17-24)9-13-23-11-5-2-6-12-23/h1,3-4,7-8,19-20H,2,5-6,9-17H2,(H,26,27)/t19-,20-/m0/s1. The molecule has 1 aromatic carbocycles. The summed E-state index contributed by atoms with van der Waals surface area (Å²) in [7, 11) is 0. The molecular formula is C22H32N2O3. The van der Waals surface area contributed by atoms with Gasteiger partial charge < -0.3 is 19.7 Å². The highest BCUT2D eigenvalue weighted by molar-refractivity contribution is 5.79. The van der Waals surface area contributed by atoms with Crippen LogP contribution in [0.4, 0.5) is 0 Å². The summed E-state index contributed by atoms with van der Waals surface area (Å²) in [5, 5.41) is 11.2. The van der Waals surface area contributed by atoms with Gasteiger partial charge in [0.2, 0.25) is 5.91 Å². The van der Waals surface area contributed by atoms with Gasteiger partial charge in [-0.25, -0.2) is 0 Å². The Morgan fingerprint density at radius 2 is 1.81 bits per heavy atom. The zero-order valence-electron chi connectivity index (χ0n) is 16.2. The van der Waals surface area contributed by atoms with Crippen molar-refractivity contribution in [2.45, 2.75) is 44.9 Å². The molecule has 0 aromatic heterocycles. The third-order valence-corrected chi connectivity index (χ3v) is 6.30. The van der Waals surface area contributed by atoms with Crippen molar-refractivity contribution in [3.63, 3.8) is 0 Å². The summed E-state index contributed by atoms with van der Waals surface area (Å²) in [5.74, 6) is -0.395. The third-order valence-electron chi connectivity index (χ3n) is 6.30. The Morgan fingerprint density at radius 1 is 1.07 bits per heavy atom. The fourth-order valence-electron chi connectivity index (χ4n) is 4.69. The Balaban J connectivity index is 1.57. The number of carboxylic acid groups (broad SMARTS) is 1. The second kappa shape index (κ2) is 9.88. The smallest absolute Gasteiger partial charge is 0.226 e. The van der Waals surface area contributed by atoms with E-state index in [0.717, 1.165) is 24.9 Å². The summed E-state index contributed by atoms with van der Waals surface area (Å²) < 4.78 is 0. The number of hydrogen-bond donors (Lipinski definition) is 1. The van der Waals surface area contributed by atoms with E-state index in [1.807, 2.05) is 35.2 Å². The summed E-state index contributed by atoms with van der Waals surface area (Å²) in [6, 6.07) is 9.84. The Morgan fingerprint density at radius 3 is 2.52 bits per heavy atom. The number of likely N-dealkylation sites (tertiary alicyclic amines) is 2. The van der Waals surface area contributed by atoms with E-state index in [9.17, 15) is 14.7 Å². The van der Waals surface area contributed by atoms with Crippen molar-refractivity contribution < 1.29 is 19.6 Å². The number of nitrogens with one attached hydrogen (secondary N) is 1. The normalized spacial score (nSPS) is 23.9. The molecule has 0 bridgehead atoms. The summed E-state index contributed by atoms with van der Waals surface area (Å²) >= 11 is 0. The number of benzene rings is 1. The van der Waals surface area contributed by atoms with Crippen LogP contribution in [-0.2, 0) is 16.0 Å². The number of aliphatic carboxylic acids is 1. The van der Waals surface area contributed by atoms with Gasteiger partial charge >= 0.3 is 0 Å². The summed E-state index contributed by atoms with van der Waals surface area (Å²) in [4.78, 5) is 27.5. The molecule has 3 rings (SSSR count). The average Bonchev–Trinajstić information content (AvgIpc) is 2.68. The number of nitrogens with zero attached hydrogens (tertiary/aromatic N) is 1. The van der Waals surface area contributed by atoms with E-state index in [2.05, 4.69) is 0 Å². The highest BCUT2D eigenvalue weighted by Gasteiger charge is 2.32. The van der Waals surface area contributed by atoms with Crippen molar-refractivity contribution in [3.8, 4) is 0 Å². The van der Waals surface area contributed by atoms with E-state index in [0.29, 0.717) is 19.5 Å². The van der Waals surface area contributed by atoms with Crippen LogP contribution in [-0.4, -0.2) is 49.5 Å². The minimum atomic E-state index is -0.959. The molecule has 0 radical (unpaired) electrons. The van der Waals surface area contributed by atoms with Gasteiger partial charge in [0.1, 0.15) is 0 Å². The maximum Gasteiger partial charge on any atom is 0.226 e. The quantitative estimate of drug-likeness (QED) is 0.748. The molecule has 2 aliphatic heterocycles. The first-order valence-corrected chi connectivity index (χ1v) is 10.5. The lowest BCUT2D eigenvalue weighted by Gasteiger charge is -2.39. The molecule has 1 N–H and O–H groups in total. The van der Waals surface area contributed by atoms with Gasteiger partial charge in [-0.1, -0.05) is 30.3 Å². The molecule has 0 aliphatic carbocycles. The number of quaternary nitrogens is 1. The largest absolute Gasteiger partial charge is 0.550 e. The van der Waals surface area contributed by atoms with Crippen LogP contribution in [0, 0.1) is 11.8 Å². The van der Waals surface area contributed by atoms with E-state index in [1.54, 1.807) is 4.90 Å². The highest BCUT2D eigenvalue weighted by Crippen LogP contribution is 2.29. The van der Waals surface area contributed by atoms with Crippen LogP contribution in [0.2, 0.25) is 0 Å². The first kappa shape index (κ1) is 19.9. The number of carbonyl (C=O) groups excluding carboxylic acids is 2. The van der Waals surface area contributed by atoms with Crippen LogP contribution in [0.15, 0.2) is 30.3 Å². The Kier molecular flexibility index (Phi) is 7.27. The Bertz CT molecular complexity index is 613. The lowest BCUT2D eigenvalue weighted by molar-refractivity contribution is -0.905. The van der Waals surface area contributed by atoms with Crippen LogP contribution >= 0.6 is 0 Å². The first-order chi connectivity index (χ1) is 13.1. The monoisotopic (exact) mass is 372 g/mol. The lowest BCUT2D eigenvalue weighted by Crippen LogP contribution is -3.12. The van der Waals surface area contributed by atoms with Crippen LogP contribution < -0.4 is 10.0 Å². The molecule has 2 heterocycles. The van der Waals surface area contributed by atoms with Crippen molar-refractivity contribution in [2.75, 3.05) is 32.7 Å². The molecule has 148 valence electrons. The fraction of sp³-hybridized carbons (Fsp3) is 0.636. The number of piperidine rings is 2. The number of hydrogen-bond acceptors (Lipinski definition) is 3. The van der Waals surface area contributed by atoms with Gasteiger partial charge in [-0.3, -0.25) is 4.79 Å². The van der Waals surface area contributed by atoms with Gasteiger partial charge in [0.05, 0.1) is 26.1 Å². The second-order valence-electron chi connectivity index (χ2n) is 8.24. The van der Waals surface area contributed by atoms with E-state index in [4.69, 9.17) is 0 Å². The molecule has 0 saturated carbocycles. The number of carbonyl (C=O) groups is 2. The minimum absolute atomic E-state index is 0.126. The highest BCUT2D eigenvalue weighted by atomic mass is 16.4. The first-order valence-electron chi connectivity index (χ1n) is 10.5. The van der Waals surface area contributed by atoms with Gasteiger partial charge in [-0.2, -0.15) is 0 Å². The van der Waals surface area contributed by atoms with Gasteiger partial charge in [0, 0.05) is 25.5 Å². The molecule has 2 fully saturated rings. The minimum Gasteiger partial charge on any atom is -0.550 e. The van der Waals surface area contributed by atoms with Crippen molar-refractivity contribution in [2.24, 2.45) is 11.8 Å². The van der Waals surface area contributed by atoms with Crippen molar-refractivity contribution in [1.29, 1.82) is 0 Å². The molecule has 2 atom stereocenters. The average molecular weight is 373 g/mol. The van der Waals surface area contributed by atoms with Crippen LogP contribution in [0.25, 0.3) is 0 Å². The summed E-state index contributed by atoms with van der Waals surface area (Å²) in [5.41, 5.74) is 1.04. The number of rotatable bonds is 7. The molecule has 2 aliphatic rings. The maximum atomic E-state index is 12.7. The number of carboxylic acids is 1. The topological polar surface area (TPSA) is 64.9 Å². The third kappa shape index (κ3) is 6.06. The molecule has 5 nitrogen and oxygen atoms in total. The molecule has 1 aromatic rings. The molecule has 27 heavy (non-hydrogen) atoms. The van der Waals surface area contributed by atoms with Crippen molar-refractivity contribution >= 4 is 11.9 Å². The molecule has 5 heteroatoms. The van der Waals surface area contributed by atoms with Crippen molar-refractivity contribution in [1.82, 2.24) is 4.90 Å². The second-order valence-corrected chi connectivity index (χ2v) is 8.24. The van der Waals surface area contributed by atoms with Gasteiger partial charge in [-0.15, -0.1) is 0 Å². The molecular weight excluding hydrogens is 340 g/mol. The lowest BCUT2D eigenvalue weighted by atomic mass is 9.80. The molecule has 0 unspecified atom stereocenters. The molecule has 0 spiro atoms. The maximum absolute atomic E-state index is 12.7. The SMILES string of the molecule is O=C([O-])C[C@@H]1CCN(C(=O)Cc2ccccc2)C[C@@H]1CC[NH+]1CCCCC1.